The molecule has 1 aliphatic heterocycles. The number of alkyl halides is 2. The molecule has 106 valence electrons. The number of hydrogen-bond acceptors (Lipinski definition) is 4. The smallest absolute Gasteiger partial charge is 0.387 e. The second-order valence-electron chi connectivity index (χ2n) is 4.38. The normalized spacial score (nSPS) is 18.5. The van der Waals surface area contributed by atoms with Gasteiger partial charge in [0.1, 0.15) is 5.75 Å². The summed E-state index contributed by atoms with van der Waals surface area (Å²) >= 11 is 1.92. The van der Waals surface area contributed by atoms with Crippen LogP contribution in [0.4, 0.5) is 8.78 Å². The van der Waals surface area contributed by atoms with Gasteiger partial charge in [-0.3, -0.25) is 4.90 Å². The lowest BCUT2D eigenvalue weighted by atomic mass is 10.1. The number of hydrogen-bond donors (Lipinski definition) is 1. The van der Waals surface area contributed by atoms with E-state index in [4.69, 9.17) is 0 Å². The van der Waals surface area contributed by atoms with Crippen molar-refractivity contribution in [3.8, 4) is 5.75 Å². The molecular formula is C13H17F2NO2S. The Kier molecular flexibility index (Phi) is 5.42. The highest BCUT2D eigenvalue weighted by molar-refractivity contribution is 7.99. The molecule has 1 fully saturated rings. The molecule has 1 atom stereocenters. The largest absolute Gasteiger partial charge is 0.435 e. The molecule has 19 heavy (non-hydrogen) atoms. The summed E-state index contributed by atoms with van der Waals surface area (Å²) in [4.78, 5) is 2.21. The number of benzene rings is 1. The van der Waals surface area contributed by atoms with Gasteiger partial charge in [0.15, 0.2) is 0 Å². The summed E-state index contributed by atoms with van der Waals surface area (Å²) in [6, 6.07) is 6.16. The molecule has 1 saturated heterocycles. The first kappa shape index (κ1) is 14.6. The van der Waals surface area contributed by atoms with Crippen LogP contribution in [0.1, 0.15) is 11.7 Å². The monoisotopic (exact) mass is 289 g/mol. The van der Waals surface area contributed by atoms with E-state index in [0.717, 1.165) is 30.2 Å². The van der Waals surface area contributed by atoms with Crippen molar-refractivity contribution in [3.05, 3.63) is 29.8 Å². The van der Waals surface area contributed by atoms with Gasteiger partial charge >= 0.3 is 6.61 Å². The highest BCUT2D eigenvalue weighted by Gasteiger charge is 2.16. The van der Waals surface area contributed by atoms with Crippen LogP contribution < -0.4 is 4.74 Å². The van der Waals surface area contributed by atoms with Gasteiger partial charge in [-0.25, -0.2) is 0 Å². The average Bonchev–Trinajstić information content (AvgIpc) is 2.40. The standard InChI is InChI=1S/C13H17F2NO2S/c14-13(15)18-11-3-1-10(2-4-11)12(17)9-16-5-7-19-8-6-16/h1-4,12-13,17H,5-9H2. The van der Waals surface area contributed by atoms with Crippen molar-refractivity contribution in [1.29, 1.82) is 0 Å². The van der Waals surface area contributed by atoms with E-state index in [-0.39, 0.29) is 5.75 Å². The van der Waals surface area contributed by atoms with Crippen LogP contribution in [0.15, 0.2) is 24.3 Å². The Morgan fingerprint density at radius 2 is 1.84 bits per heavy atom. The minimum Gasteiger partial charge on any atom is -0.435 e. The Balaban J connectivity index is 1.89. The predicted octanol–water partition coefficient (Wildman–Crippen LogP) is 2.37. The molecule has 0 spiro atoms. The van der Waals surface area contributed by atoms with Crippen LogP contribution in [-0.2, 0) is 0 Å². The van der Waals surface area contributed by atoms with Gasteiger partial charge in [-0.1, -0.05) is 12.1 Å². The summed E-state index contributed by atoms with van der Waals surface area (Å²) in [6.45, 7) is -0.278. The topological polar surface area (TPSA) is 32.7 Å². The zero-order valence-electron chi connectivity index (χ0n) is 10.5. The lowest BCUT2D eigenvalue weighted by Gasteiger charge is -2.28. The van der Waals surface area contributed by atoms with E-state index in [2.05, 4.69) is 9.64 Å². The van der Waals surface area contributed by atoms with Crippen molar-refractivity contribution in [2.24, 2.45) is 0 Å². The zero-order valence-corrected chi connectivity index (χ0v) is 11.3. The van der Waals surface area contributed by atoms with Crippen molar-refractivity contribution in [1.82, 2.24) is 4.90 Å². The number of thioether (sulfide) groups is 1. The molecule has 0 amide bonds. The van der Waals surface area contributed by atoms with Crippen LogP contribution in [0, 0.1) is 0 Å². The Bertz CT molecular complexity index is 383. The number of nitrogens with zero attached hydrogens (tertiary/aromatic N) is 1. The minimum absolute atomic E-state index is 0.111. The summed E-state index contributed by atoms with van der Waals surface area (Å²) < 4.78 is 28.3. The molecular weight excluding hydrogens is 272 g/mol. The zero-order chi connectivity index (χ0) is 13.7. The summed E-state index contributed by atoms with van der Waals surface area (Å²) in [7, 11) is 0. The van der Waals surface area contributed by atoms with Gasteiger partial charge in [0.25, 0.3) is 0 Å². The average molecular weight is 289 g/mol. The molecule has 2 rings (SSSR count). The molecule has 1 aromatic rings. The third-order valence-electron chi connectivity index (χ3n) is 3.02. The Morgan fingerprint density at radius 3 is 2.42 bits per heavy atom. The first-order valence-electron chi connectivity index (χ1n) is 6.18. The first-order chi connectivity index (χ1) is 9.15. The number of ether oxygens (including phenoxy) is 1. The molecule has 1 aromatic carbocycles. The number of halogens is 2. The maximum absolute atomic E-state index is 12.0. The van der Waals surface area contributed by atoms with E-state index < -0.39 is 12.7 Å². The van der Waals surface area contributed by atoms with Crippen molar-refractivity contribution in [3.63, 3.8) is 0 Å². The summed E-state index contributed by atoms with van der Waals surface area (Å²) in [5, 5.41) is 10.1. The molecule has 0 saturated carbocycles. The second kappa shape index (κ2) is 7.07. The van der Waals surface area contributed by atoms with E-state index in [0.29, 0.717) is 6.54 Å². The fraction of sp³-hybridized carbons (Fsp3) is 0.538. The van der Waals surface area contributed by atoms with E-state index in [9.17, 15) is 13.9 Å². The maximum Gasteiger partial charge on any atom is 0.387 e. The van der Waals surface area contributed by atoms with E-state index in [1.165, 1.54) is 12.1 Å². The molecule has 3 nitrogen and oxygen atoms in total. The number of rotatable bonds is 5. The van der Waals surface area contributed by atoms with Gasteiger partial charge in [0.2, 0.25) is 0 Å². The molecule has 1 unspecified atom stereocenters. The van der Waals surface area contributed by atoms with Gasteiger partial charge < -0.3 is 9.84 Å². The fourth-order valence-corrected chi connectivity index (χ4v) is 2.98. The van der Waals surface area contributed by atoms with Crippen molar-refractivity contribution in [2.45, 2.75) is 12.7 Å². The fourth-order valence-electron chi connectivity index (χ4n) is 2.01. The SMILES string of the molecule is OC(CN1CCSCC1)c1ccc(OC(F)F)cc1. The van der Waals surface area contributed by atoms with Gasteiger partial charge in [0, 0.05) is 31.1 Å². The highest BCUT2D eigenvalue weighted by atomic mass is 32.2. The van der Waals surface area contributed by atoms with Crippen LogP contribution in [0.3, 0.4) is 0 Å². The van der Waals surface area contributed by atoms with Crippen LogP contribution in [-0.4, -0.2) is 47.8 Å². The summed E-state index contributed by atoms with van der Waals surface area (Å²) in [5.41, 5.74) is 0.722. The van der Waals surface area contributed by atoms with Gasteiger partial charge in [0.05, 0.1) is 6.10 Å². The number of aliphatic hydroxyl groups is 1. The van der Waals surface area contributed by atoms with E-state index >= 15 is 0 Å². The molecule has 0 radical (unpaired) electrons. The van der Waals surface area contributed by atoms with Gasteiger partial charge in [-0.05, 0) is 17.7 Å². The van der Waals surface area contributed by atoms with Gasteiger partial charge in [-0.2, -0.15) is 20.5 Å². The van der Waals surface area contributed by atoms with Crippen LogP contribution in [0.5, 0.6) is 5.75 Å². The third-order valence-corrected chi connectivity index (χ3v) is 3.97. The Labute approximate surface area is 115 Å². The minimum atomic E-state index is -2.82. The van der Waals surface area contributed by atoms with Gasteiger partial charge in [-0.15, -0.1) is 0 Å². The second-order valence-corrected chi connectivity index (χ2v) is 5.60. The lowest BCUT2D eigenvalue weighted by Crippen LogP contribution is -2.35. The molecule has 1 heterocycles. The quantitative estimate of drug-likeness (QED) is 0.902. The van der Waals surface area contributed by atoms with Crippen LogP contribution in [0.2, 0.25) is 0 Å². The van der Waals surface area contributed by atoms with E-state index in [1.54, 1.807) is 12.1 Å². The number of β-amino-alcohol motifs (C(OH)–C–C–N with tert-alkyl or cyclic N) is 1. The van der Waals surface area contributed by atoms with Crippen molar-refractivity contribution in [2.75, 3.05) is 31.1 Å². The maximum atomic E-state index is 12.0. The summed E-state index contributed by atoms with van der Waals surface area (Å²) in [6.07, 6.45) is -0.594. The Morgan fingerprint density at radius 1 is 1.21 bits per heavy atom. The Hall–Kier alpha value is -0.850. The molecule has 1 aliphatic rings. The molecule has 6 heteroatoms. The third kappa shape index (κ3) is 4.63. The van der Waals surface area contributed by atoms with Crippen LogP contribution >= 0.6 is 11.8 Å². The van der Waals surface area contributed by atoms with Crippen molar-refractivity contribution >= 4 is 11.8 Å². The predicted molar refractivity (Wildman–Crippen MR) is 71.8 cm³/mol. The van der Waals surface area contributed by atoms with Crippen molar-refractivity contribution < 1.29 is 18.6 Å². The number of aliphatic hydroxyl groups excluding tert-OH is 1. The molecule has 1 N–H and O–H groups in total. The molecule has 0 aliphatic carbocycles. The summed E-state index contributed by atoms with van der Waals surface area (Å²) in [5.74, 6) is 2.29. The lowest BCUT2D eigenvalue weighted by molar-refractivity contribution is -0.0498. The first-order valence-corrected chi connectivity index (χ1v) is 7.33. The van der Waals surface area contributed by atoms with E-state index in [1.807, 2.05) is 11.8 Å². The molecule has 0 bridgehead atoms. The highest BCUT2D eigenvalue weighted by Crippen LogP contribution is 2.21. The molecule has 0 aromatic heterocycles. The van der Waals surface area contributed by atoms with Crippen LogP contribution in [0.25, 0.3) is 0 Å².